The number of carbonyl (C=O) groups excluding carboxylic acids is 2. The summed E-state index contributed by atoms with van der Waals surface area (Å²) < 4.78 is 13.1. The third kappa shape index (κ3) is 3.94. The summed E-state index contributed by atoms with van der Waals surface area (Å²) in [6.07, 6.45) is 4.42. The average molecular weight is 347 g/mol. The summed E-state index contributed by atoms with van der Waals surface area (Å²) in [4.78, 5) is 25.7. The first-order valence-corrected chi connectivity index (χ1v) is 9.10. The fraction of sp³-hybridized carbons (Fsp3) is 0.579. The third-order valence-electron chi connectivity index (χ3n) is 5.53. The van der Waals surface area contributed by atoms with E-state index in [4.69, 9.17) is 0 Å². The highest BCUT2D eigenvalue weighted by Crippen LogP contribution is 2.43. The van der Waals surface area contributed by atoms with Crippen molar-refractivity contribution < 1.29 is 14.0 Å². The van der Waals surface area contributed by atoms with Crippen molar-refractivity contribution in [3.63, 3.8) is 0 Å². The van der Waals surface area contributed by atoms with Crippen molar-refractivity contribution in [3.8, 4) is 0 Å². The number of urea groups is 1. The molecule has 1 aromatic rings. The van der Waals surface area contributed by atoms with Crippen LogP contribution in [-0.4, -0.2) is 42.5 Å². The standard InChI is InChI=1S/C19H26FN3O2/c1-2-17(24)23-11-8-16(12-23)22-18(25)21-13-19(9-3-10-19)14-4-6-15(20)7-5-14/h4-7,16H,2-3,8-13H2,1H3,(H2,21,22,25). The van der Waals surface area contributed by atoms with Crippen molar-refractivity contribution in [2.24, 2.45) is 0 Å². The van der Waals surface area contributed by atoms with Crippen LogP contribution in [0.2, 0.25) is 0 Å². The maximum Gasteiger partial charge on any atom is 0.315 e. The lowest BCUT2D eigenvalue weighted by Gasteiger charge is -2.42. The molecule has 136 valence electrons. The average Bonchev–Trinajstić information content (AvgIpc) is 3.03. The molecule has 5 nitrogen and oxygen atoms in total. The smallest absolute Gasteiger partial charge is 0.315 e. The Morgan fingerprint density at radius 1 is 1.28 bits per heavy atom. The first kappa shape index (κ1) is 17.7. The van der Waals surface area contributed by atoms with Crippen LogP contribution in [0.25, 0.3) is 0 Å². The van der Waals surface area contributed by atoms with Gasteiger partial charge < -0.3 is 15.5 Å². The molecular weight excluding hydrogens is 321 g/mol. The van der Waals surface area contributed by atoms with E-state index in [2.05, 4.69) is 10.6 Å². The van der Waals surface area contributed by atoms with Gasteiger partial charge in [0, 0.05) is 37.5 Å². The minimum absolute atomic E-state index is 0.0126. The van der Waals surface area contributed by atoms with Gasteiger partial charge in [-0.25, -0.2) is 9.18 Å². The van der Waals surface area contributed by atoms with E-state index >= 15 is 0 Å². The minimum atomic E-state index is -0.240. The van der Waals surface area contributed by atoms with Crippen LogP contribution in [0.3, 0.4) is 0 Å². The first-order chi connectivity index (χ1) is 12.0. The van der Waals surface area contributed by atoms with Gasteiger partial charge in [0.15, 0.2) is 0 Å². The monoisotopic (exact) mass is 347 g/mol. The third-order valence-corrected chi connectivity index (χ3v) is 5.53. The Morgan fingerprint density at radius 2 is 2.00 bits per heavy atom. The van der Waals surface area contributed by atoms with Crippen LogP contribution in [0.1, 0.15) is 44.6 Å². The zero-order valence-corrected chi connectivity index (χ0v) is 14.7. The lowest BCUT2D eigenvalue weighted by Crippen LogP contribution is -2.50. The maximum absolute atomic E-state index is 13.1. The topological polar surface area (TPSA) is 61.4 Å². The first-order valence-electron chi connectivity index (χ1n) is 9.10. The second-order valence-corrected chi connectivity index (χ2v) is 7.15. The number of carbonyl (C=O) groups is 2. The minimum Gasteiger partial charge on any atom is -0.341 e. The van der Waals surface area contributed by atoms with Crippen LogP contribution in [0.4, 0.5) is 9.18 Å². The zero-order valence-electron chi connectivity index (χ0n) is 14.7. The summed E-state index contributed by atoms with van der Waals surface area (Å²) in [7, 11) is 0. The van der Waals surface area contributed by atoms with E-state index in [9.17, 15) is 14.0 Å². The molecule has 1 aliphatic heterocycles. The van der Waals surface area contributed by atoms with Crippen molar-refractivity contribution in [1.82, 2.24) is 15.5 Å². The molecule has 2 N–H and O–H groups in total. The predicted octanol–water partition coefficient (Wildman–Crippen LogP) is 2.56. The molecule has 0 aromatic heterocycles. The summed E-state index contributed by atoms with van der Waals surface area (Å²) >= 11 is 0. The number of amides is 3. The molecule has 1 unspecified atom stereocenters. The van der Waals surface area contributed by atoms with Crippen molar-refractivity contribution >= 4 is 11.9 Å². The number of hydrogen-bond donors (Lipinski definition) is 2. The summed E-state index contributed by atoms with van der Waals surface area (Å²) in [6, 6.07) is 6.42. The molecule has 0 bridgehead atoms. The molecule has 6 heteroatoms. The number of nitrogens with zero attached hydrogens (tertiary/aromatic N) is 1. The van der Waals surface area contributed by atoms with E-state index in [1.165, 1.54) is 12.1 Å². The van der Waals surface area contributed by atoms with Crippen LogP contribution >= 0.6 is 0 Å². The van der Waals surface area contributed by atoms with Gasteiger partial charge in [-0.15, -0.1) is 0 Å². The van der Waals surface area contributed by atoms with Gasteiger partial charge in [0.1, 0.15) is 5.82 Å². The molecule has 2 fully saturated rings. The number of halogens is 1. The van der Waals surface area contributed by atoms with E-state index in [0.717, 1.165) is 31.2 Å². The second kappa shape index (κ2) is 7.42. The molecule has 1 saturated carbocycles. The molecule has 0 radical (unpaired) electrons. The fourth-order valence-corrected chi connectivity index (χ4v) is 3.79. The van der Waals surface area contributed by atoms with Crippen LogP contribution in [0, 0.1) is 5.82 Å². The van der Waals surface area contributed by atoms with Crippen molar-refractivity contribution in [1.29, 1.82) is 0 Å². The van der Waals surface area contributed by atoms with Crippen LogP contribution in [0.5, 0.6) is 0 Å². The Balaban J connectivity index is 1.50. The lowest BCUT2D eigenvalue weighted by atomic mass is 9.64. The van der Waals surface area contributed by atoms with Gasteiger partial charge in [-0.3, -0.25) is 4.79 Å². The molecule has 1 aromatic carbocycles. The molecule has 1 atom stereocenters. The van der Waals surface area contributed by atoms with Crippen molar-refractivity contribution in [3.05, 3.63) is 35.6 Å². The van der Waals surface area contributed by atoms with Gasteiger partial charge in [-0.1, -0.05) is 25.5 Å². The lowest BCUT2D eigenvalue weighted by molar-refractivity contribution is -0.129. The Bertz CT molecular complexity index is 628. The van der Waals surface area contributed by atoms with Gasteiger partial charge in [0.2, 0.25) is 5.91 Å². The summed E-state index contributed by atoms with van der Waals surface area (Å²) in [5, 5.41) is 5.94. The van der Waals surface area contributed by atoms with Crippen molar-refractivity contribution in [2.45, 2.75) is 50.5 Å². The Hall–Kier alpha value is -2.11. The maximum atomic E-state index is 13.1. The largest absolute Gasteiger partial charge is 0.341 e. The van der Waals surface area contributed by atoms with Gasteiger partial charge in [-0.2, -0.15) is 0 Å². The molecule has 25 heavy (non-hydrogen) atoms. The number of rotatable bonds is 5. The number of nitrogens with one attached hydrogen (secondary N) is 2. The van der Waals surface area contributed by atoms with Crippen LogP contribution < -0.4 is 10.6 Å². The number of hydrogen-bond acceptors (Lipinski definition) is 2. The molecule has 2 aliphatic rings. The van der Waals surface area contributed by atoms with Gasteiger partial charge in [0.25, 0.3) is 0 Å². The summed E-state index contributed by atoms with van der Waals surface area (Å²) in [6.45, 7) is 3.69. The van der Waals surface area contributed by atoms with E-state index in [0.29, 0.717) is 26.1 Å². The Kier molecular flexibility index (Phi) is 5.25. The summed E-state index contributed by atoms with van der Waals surface area (Å²) in [5.74, 6) is -0.106. The van der Waals surface area contributed by atoms with Crippen LogP contribution in [0.15, 0.2) is 24.3 Å². The van der Waals surface area contributed by atoms with Crippen LogP contribution in [-0.2, 0) is 10.2 Å². The molecule has 3 amide bonds. The molecule has 1 saturated heterocycles. The normalized spacial score (nSPS) is 21.5. The quantitative estimate of drug-likeness (QED) is 0.860. The Morgan fingerprint density at radius 3 is 2.60 bits per heavy atom. The molecule has 1 heterocycles. The fourth-order valence-electron chi connectivity index (χ4n) is 3.79. The van der Waals surface area contributed by atoms with Crippen molar-refractivity contribution in [2.75, 3.05) is 19.6 Å². The SMILES string of the molecule is CCC(=O)N1CCC(NC(=O)NCC2(c3ccc(F)cc3)CCC2)C1. The molecular formula is C19H26FN3O2. The molecule has 1 aliphatic carbocycles. The highest BCUT2D eigenvalue weighted by molar-refractivity contribution is 5.77. The number of likely N-dealkylation sites (tertiary alicyclic amines) is 1. The summed E-state index contributed by atoms with van der Waals surface area (Å²) in [5.41, 5.74) is 1.01. The predicted molar refractivity (Wildman–Crippen MR) is 93.7 cm³/mol. The highest BCUT2D eigenvalue weighted by atomic mass is 19.1. The van der Waals surface area contributed by atoms with E-state index in [1.54, 1.807) is 4.90 Å². The van der Waals surface area contributed by atoms with E-state index in [1.807, 2.05) is 19.1 Å². The van der Waals surface area contributed by atoms with Gasteiger partial charge in [0.05, 0.1) is 0 Å². The number of benzene rings is 1. The highest BCUT2D eigenvalue weighted by Gasteiger charge is 2.39. The van der Waals surface area contributed by atoms with E-state index < -0.39 is 0 Å². The van der Waals surface area contributed by atoms with Gasteiger partial charge in [-0.05, 0) is 37.0 Å². The van der Waals surface area contributed by atoms with Gasteiger partial charge >= 0.3 is 6.03 Å². The second-order valence-electron chi connectivity index (χ2n) is 7.15. The molecule has 0 spiro atoms. The molecule has 3 rings (SSSR count). The van der Waals surface area contributed by atoms with E-state index in [-0.39, 0.29) is 29.2 Å². The Labute approximate surface area is 148 Å². The zero-order chi connectivity index (χ0) is 17.9.